The number of halogens is 5. The minimum Gasteiger partial charge on any atom is -0.507 e. The molecular weight excluding hydrogens is 443 g/mol. The number of likely N-dealkylation sites (tertiary alicyclic amines) is 1. The highest BCUT2D eigenvalue weighted by Crippen LogP contribution is 2.34. The first-order valence-electron chi connectivity index (χ1n) is 10.6. The molecule has 1 aromatic heterocycles. The molecule has 1 atom stereocenters. The van der Waals surface area contributed by atoms with E-state index >= 15 is 0 Å². The third kappa shape index (κ3) is 5.32. The molecule has 1 aromatic carbocycles. The monoisotopic (exact) mass is 466 g/mol. The molecule has 1 unspecified atom stereocenters. The highest BCUT2D eigenvalue weighted by molar-refractivity contribution is 6.17. The number of pyridine rings is 1. The number of alkyl halides is 5. The van der Waals surface area contributed by atoms with Crippen LogP contribution in [0, 0.1) is 0 Å². The smallest absolute Gasteiger partial charge is 0.416 e. The summed E-state index contributed by atoms with van der Waals surface area (Å²) < 4.78 is 64.6. The normalized spacial score (nSPS) is 19.5. The van der Waals surface area contributed by atoms with Gasteiger partial charge in [0.1, 0.15) is 5.75 Å². The van der Waals surface area contributed by atoms with Crippen LogP contribution in [-0.4, -0.2) is 59.3 Å². The Kier molecular flexibility index (Phi) is 6.64. The second-order valence-corrected chi connectivity index (χ2v) is 8.09. The van der Waals surface area contributed by atoms with Gasteiger partial charge in [-0.1, -0.05) is 0 Å². The zero-order chi connectivity index (χ0) is 23.6. The number of nitrogens with zero attached hydrogens (tertiary/aromatic N) is 3. The minimum absolute atomic E-state index is 0.0437. The Morgan fingerprint density at radius 3 is 2.70 bits per heavy atom. The van der Waals surface area contributed by atoms with Gasteiger partial charge in [0.25, 0.3) is 6.43 Å². The van der Waals surface area contributed by atoms with E-state index in [0.717, 1.165) is 24.6 Å². The molecule has 5 nitrogen and oxygen atoms in total. The summed E-state index contributed by atoms with van der Waals surface area (Å²) in [6.45, 7) is 1.06. The van der Waals surface area contributed by atoms with Crippen LogP contribution < -0.4 is 5.32 Å². The molecule has 2 aliphatic heterocycles. The fraction of sp³-hybridized carbons (Fsp3) is 0.391. The maximum absolute atomic E-state index is 13.0. The van der Waals surface area contributed by atoms with Crippen molar-refractivity contribution in [3.8, 4) is 5.75 Å². The molecule has 2 aromatic rings. The molecule has 0 saturated carbocycles. The lowest BCUT2D eigenvalue weighted by Gasteiger charge is -2.34. The van der Waals surface area contributed by atoms with Crippen molar-refractivity contribution in [2.45, 2.75) is 31.5 Å². The van der Waals surface area contributed by atoms with Crippen LogP contribution in [0.1, 0.15) is 35.1 Å². The molecule has 0 radical (unpaired) electrons. The summed E-state index contributed by atoms with van der Waals surface area (Å²) in [5.41, 5.74) is 1.61. The molecule has 2 N–H and O–H groups in total. The van der Waals surface area contributed by atoms with Crippen LogP contribution in [0.5, 0.6) is 5.75 Å². The average molecular weight is 466 g/mol. The molecule has 2 aliphatic rings. The zero-order valence-electron chi connectivity index (χ0n) is 17.6. The first kappa shape index (κ1) is 23.2. The molecule has 4 rings (SSSR count). The minimum atomic E-state index is -4.57. The Balaban J connectivity index is 1.60. The maximum Gasteiger partial charge on any atom is 0.416 e. The van der Waals surface area contributed by atoms with Crippen LogP contribution in [0.3, 0.4) is 0 Å². The van der Waals surface area contributed by atoms with Crippen LogP contribution in [-0.2, 0) is 6.18 Å². The second-order valence-electron chi connectivity index (χ2n) is 8.09. The molecule has 0 bridgehead atoms. The van der Waals surface area contributed by atoms with Gasteiger partial charge >= 0.3 is 6.18 Å². The molecule has 1 saturated heterocycles. The number of aromatic nitrogens is 1. The van der Waals surface area contributed by atoms with Crippen molar-refractivity contribution in [1.82, 2.24) is 15.2 Å². The van der Waals surface area contributed by atoms with Gasteiger partial charge in [0.2, 0.25) is 0 Å². The van der Waals surface area contributed by atoms with E-state index in [0.29, 0.717) is 36.0 Å². The van der Waals surface area contributed by atoms with Crippen molar-refractivity contribution < 1.29 is 27.1 Å². The number of aliphatic imine (C=N–C) groups is 1. The number of rotatable bonds is 5. The molecule has 0 aliphatic carbocycles. The molecule has 176 valence electrons. The Hall–Kier alpha value is -3.01. The van der Waals surface area contributed by atoms with Crippen molar-refractivity contribution in [3.05, 3.63) is 65.0 Å². The number of hydrogen-bond donors (Lipinski definition) is 2. The van der Waals surface area contributed by atoms with Crippen LogP contribution in [0.25, 0.3) is 5.70 Å². The van der Waals surface area contributed by atoms with Gasteiger partial charge in [-0.05, 0) is 49.7 Å². The molecule has 0 spiro atoms. The summed E-state index contributed by atoms with van der Waals surface area (Å²) in [5.74, 6) is -0.516. The van der Waals surface area contributed by atoms with E-state index in [-0.39, 0.29) is 24.7 Å². The van der Waals surface area contributed by atoms with Gasteiger partial charge < -0.3 is 10.4 Å². The lowest BCUT2D eigenvalue weighted by Crippen LogP contribution is -2.46. The SMILES string of the molecule is Oc1cc(C(F)(F)F)ccc1C1=NCC=C(NC2CCCN(CC(F)F)C2)c2cnccc21. The summed E-state index contributed by atoms with van der Waals surface area (Å²) in [6, 6.07) is 4.46. The zero-order valence-corrected chi connectivity index (χ0v) is 17.6. The number of piperidine rings is 1. The molecule has 3 heterocycles. The summed E-state index contributed by atoms with van der Waals surface area (Å²) in [4.78, 5) is 10.4. The van der Waals surface area contributed by atoms with Gasteiger partial charge in [0.15, 0.2) is 0 Å². The van der Waals surface area contributed by atoms with E-state index in [1.807, 2.05) is 6.08 Å². The van der Waals surface area contributed by atoms with Crippen molar-refractivity contribution in [2.75, 3.05) is 26.2 Å². The number of benzene rings is 1. The van der Waals surface area contributed by atoms with Gasteiger partial charge in [-0.3, -0.25) is 14.9 Å². The molecule has 10 heteroatoms. The first-order valence-corrected chi connectivity index (χ1v) is 10.6. The summed E-state index contributed by atoms with van der Waals surface area (Å²) in [5, 5.41) is 13.8. The number of fused-ring (bicyclic) bond motifs is 1. The Bertz CT molecular complexity index is 1070. The highest BCUT2D eigenvalue weighted by Gasteiger charge is 2.32. The van der Waals surface area contributed by atoms with Gasteiger partial charge in [-0.2, -0.15) is 13.2 Å². The summed E-state index contributed by atoms with van der Waals surface area (Å²) in [7, 11) is 0. The van der Waals surface area contributed by atoms with Gasteiger partial charge in [0, 0.05) is 47.4 Å². The number of hydrogen-bond acceptors (Lipinski definition) is 5. The first-order chi connectivity index (χ1) is 15.7. The van der Waals surface area contributed by atoms with E-state index in [1.165, 1.54) is 6.07 Å². The standard InChI is InChI=1S/C23H23F5N4O/c24-21(25)13-32-9-1-2-15(12-32)31-19-6-8-30-22(16-5-7-29-11-18(16)19)17-4-3-14(10-20(17)33)23(26,27)28/h3-7,10-11,15,21,31,33H,1-2,8-9,12-13H2. The predicted octanol–water partition coefficient (Wildman–Crippen LogP) is 4.32. The van der Waals surface area contributed by atoms with Crippen molar-refractivity contribution in [3.63, 3.8) is 0 Å². The Labute approximate surface area is 187 Å². The van der Waals surface area contributed by atoms with Gasteiger partial charge in [0.05, 0.1) is 24.4 Å². The van der Waals surface area contributed by atoms with Crippen LogP contribution in [0.4, 0.5) is 22.0 Å². The van der Waals surface area contributed by atoms with E-state index in [9.17, 15) is 27.1 Å². The third-order valence-electron chi connectivity index (χ3n) is 5.75. The second kappa shape index (κ2) is 9.46. The van der Waals surface area contributed by atoms with Crippen LogP contribution in [0.2, 0.25) is 0 Å². The van der Waals surface area contributed by atoms with Crippen molar-refractivity contribution >= 4 is 11.4 Å². The van der Waals surface area contributed by atoms with E-state index in [1.54, 1.807) is 23.4 Å². The fourth-order valence-electron chi connectivity index (χ4n) is 4.27. The van der Waals surface area contributed by atoms with Crippen molar-refractivity contribution in [1.29, 1.82) is 0 Å². The number of aromatic hydroxyl groups is 1. The highest BCUT2D eigenvalue weighted by atomic mass is 19.4. The fourth-order valence-corrected chi connectivity index (χ4v) is 4.27. The Morgan fingerprint density at radius 2 is 1.97 bits per heavy atom. The number of nitrogens with one attached hydrogen (secondary N) is 1. The Morgan fingerprint density at radius 1 is 1.15 bits per heavy atom. The van der Waals surface area contributed by atoms with Crippen molar-refractivity contribution in [2.24, 2.45) is 4.99 Å². The topological polar surface area (TPSA) is 60.8 Å². The largest absolute Gasteiger partial charge is 0.507 e. The molecule has 1 fully saturated rings. The third-order valence-corrected chi connectivity index (χ3v) is 5.75. The predicted molar refractivity (Wildman–Crippen MR) is 114 cm³/mol. The summed E-state index contributed by atoms with van der Waals surface area (Å²) in [6.07, 6.45) is -0.350. The molecule has 33 heavy (non-hydrogen) atoms. The number of phenolic OH excluding ortho intramolecular Hbond substituents is 1. The van der Waals surface area contributed by atoms with Gasteiger partial charge in [-0.25, -0.2) is 8.78 Å². The van der Waals surface area contributed by atoms with Gasteiger partial charge in [-0.15, -0.1) is 0 Å². The van der Waals surface area contributed by atoms with E-state index in [4.69, 9.17) is 0 Å². The number of phenols is 1. The van der Waals surface area contributed by atoms with E-state index < -0.39 is 23.9 Å². The average Bonchev–Trinajstić information content (AvgIpc) is 2.93. The van der Waals surface area contributed by atoms with E-state index in [2.05, 4.69) is 15.3 Å². The lowest BCUT2D eigenvalue weighted by atomic mass is 9.95. The van der Waals surface area contributed by atoms with Crippen LogP contribution >= 0.6 is 0 Å². The summed E-state index contributed by atoms with van der Waals surface area (Å²) >= 11 is 0. The molecule has 0 amide bonds. The lowest BCUT2D eigenvalue weighted by molar-refractivity contribution is -0.137. The quantitative estimate of drug-likeness (QED) is 0.645. The molecular formula is C23H23F5N4O. The van der Waals surface area contributed by atoms with Crippen LogP contribution in [0.15, 0.2) is 47.7 Å². The maximum atomic E-state index is 13.0.